The summed E-state index contributed by atoms with van der Waals surface area (Å²) < 4.78 is 4.77. The number of hydrogen-bond donors (Lipinski definition) is 0. The first-order chi connectivity index (χ1) is 7.56. The van der Waals surface area contributed by atoms with Crippen LogP contribution in [0.4, 0.5) is 5.69 Å². The van der Waals surface area contributed by atoms with Crippen molar-refractivity contribution in [2.75, 3.05) is 0 Å². The van der Waals surface area contributed by atoms with Crippen LogP contribution >= 0.6 is 23.2 Å². The van der Waals surface area contributed by atoms with E-state index in [-0.39, 0.29) is 21.9 Å². The Kier molecular flexibility index (Phi) is 2.76. The van der Waals surface area contributed by atoms with Crippen LogP contribution in [0, 0.1) is 10.1 Å². The summed E-state index contributed by atoms with van der Waals surface area (Å²) in [6, 6.07) is 3.97. The Hall–Kier alpha value is -1.66. The van der Waals surface area contributed by atoms with Crippen molar-refractivity contribution >= 4 is 28.9 Å². The second-order valence-electron chi connectivity index (χ2n) is 2.82. The predicted molar refractivity (Wildman–Crippen MR) is 56.4 cm³/mol. The molecule has 0 aliphatic rings. The first kappa shape index (κ1) is 10.8. The number of nitro benzene ring substituents is 1. The molecule has 0 fully saturated rings. The highest BCUT2D eigenvalue weighted by Crippen LogP contribution is 2.27. The lowest BCUT2D eigenvalue weighted by atomic mass is 10.2. The monoisotopic (exact) mass is 259 g/mol. The molecule has 6 nitrogen and oxygen atoms in total. The Morgan fingerprint density at radius 3 is 2.62 bits per heavy atom. The van der Waals surface area contributed by atoms with E-state index in [4.69, 9.17) is 27.7 Å². The number of benzene rings is 1. The van der Waals surface area contributed by atoms with Gasteiger partial charge in [-0.05, 0) is 22.8 Å². The van der Waals surface area contributed by atoms with Crippen LogP contribution in [0.2, 0.25) is 10.3 Å². The van der Waals surface area contributed by atoms with Gasteiger partial charge in [-0.25, -0.2) is 0 Å². The average molecular weight is 260 g/mol. The molecule has 1 aromatic carbocycles. The third kappa shape index (κ3) is 2.12. The van der Waals surface area contributed by atoms with Gasteiger partial charge < -0.3 is 4.52 Å². The summed E-state index contributed by atoms with van der Waals surface area (Å²) in [5.74, 6) is 0.0793. The lowest BCUT2D eigenvalue weighted by Gasteiger charge is -1.96. The maximum Gasteiger partial charge on any atom is 0.271 e. The summed E-state index contributed by atoms with van der Waals surface area (Å²) in [5.41, 5.74) is 0.190. The highest BCUT2D eigenvalue weighted by molar-refractivity contribution is 6.31. The van der Waals surface area contributed by atoms with Crippen molar-refractivity contribution in [3.8, 4) is 11.5 Å². The SMILES string of the molecule is O=[N+]([O-])c1cc(Cl)cc(-c2nc(Cl)no2)c1. The summed E-state index contributed by atoms with van der Waals surface area (Å²) >= 11 is 11.2. The maximum absolute atomic E-state index is 10.6. The first-order valence-corrected chi connectivity index (χ1v) is 4.76. The number of halogens is 2. The van der Waals surface area contributed by atoms with Crippen LogP contribution < -0.4 is 0 Å². The molecule has 8 heteroatoms. The minimum Gasteiger partial charge on any atom is -0.333 e. The molecule has 82 valence electrons. The van der Waals surface area contributed by atoms with Gasteiger partial charge in [-0.3, -0.25) is 10.1 Å². The van der Waals surface area contributed by atoms with Gasteiger partial charge in [0, 0.05) is 22.7 Å². The topological polar surface area (TPSA) is 82.1 Å². The summed E-state index contributed by atoms with van der Waals surface area (Å²) in [7, 11) is 0. The molecule has 16 heavy (non-hydrogen) atoms. The van der Waals surface area contributed by atoms with Crippen molar-refractivity contribution < 1.29 is 9.45 Å². The highest BCUT2D eigenvalue weighted by atomic mass is 35.5. The van der Waals surface area contributed by atoms with E-state index in [0.29, 0.717) is 5.56 Å². The van der Waals surface area contributed by atoms with E-state index >= 15 is 0 Å². The second kappa shape index (κ2) is 4.07. The normalized spacial score (nSPS) is 10.4. The molecule has 0 radical (unpaired) electrons. The smallest absolute Gasteiger partial charge is 0.271 e. The number of nitro groups is 1. The Morgan fingerprint density at radius 2 is 2.06 bits per heavy atom. The van der Waals surface area contributed by atoms with Crippen molar-refractivity contribution in [3.63, 3.8) is 0 Å². The number of nitrogens with zero attached hydrogens (tertiary/aromatic N) is 3. The van der Waals surface area contributed by atoms with Gasteiger partial charge in [-0.2, -0.15) is 4.98 Å². The minimum atomic E-state index is -0.562. The van der Waals surface area contributed by atoms with Crippen LogP contribution in [0.25, 0.3) is 11.5 Å². The number of non-ortho nitro benzene ring substituents is 1. The summed E-state index contributed by atoms with van der Waals surface area (Å²) in [5, 5.41) is 14.1. The molecule has 0 bridgehead atoms. The van der Waals surface area contributed by atoms with Crippen LogP contribution in [0.3, 0.4) is 0 Å². The van der Waals surface area contributed by atoms with E-state index in [1.54, 1.807) is 0 Å². The van der Waals surface area contributed by atoms with Crippen LogP contribution in [0.1, 0.15) is 0 Å². The zero-order chi connectivity index (χ0) is 11.7. The third-order valence-electron chi connectivity index (χ3n) is 1.74. The molecular weight excluding hydrogens is 257 g/mol. The van der Waals surface area contributed by atoms with Crippen molar-refractivity contribution in [2.45, 2.75) is 0 Å². The molecular formula is C8H3Cl2N3O3. The fraction of sp³-hybridized carbons (Fsp3) is 0. The average Bonchev–Trinajstić information content (AvgIpc) is 2.64. The summed E-state index contributed by atoms with van der Waals surface area (Å²) in [4.78, 5) is 13.8. The van der Waals surface area contributed by atoms with Gasteiger partial charge in [0.25, 0.3) is 16.9 Å². The number of rotatable bonds is 2. The van der Waals surface area contributed by atoms with Crippen LogP contribution in [0.5, 0.6) is 0 Å². The van der Waals surface area contributed by atoms with E-state index in [9.17, 15) is 10.1 Å². The molecule has 0 saturated carbocycles. The number of hydrogen-bond acceptors (Lipinski definition) is 5. The first-order valence-electron chi connectivity index (χ1n) is 4.01. The molecule has 1 heterocycles. The van der Waals surface area contributed by atoms with Gasteiger partial charge in [-0.15, -0.1) is 0 Å². The van der Waals surface area contributed by atoms with Crippen molar-refractivity contribution in [1.29, 1.82) is 0 Å². The zero-order valence-corrected chi connectivity index (χ0v) is 9.07. The molecule has 0 aliphatic heterocycles. The Balaban J connectivity index is 2.53. The van der Waals surface area contributed by atoms with Crippen LogP contribution in [-0.2, 0) is 0 Å². The van der Waals surface area contributed by atoms with Gasteiger partial charge in [0.15, 0.2) is 0 Å². The van der Waals surface area contributed by atoms with Crippen molar-refractivity contribution in [3.05, 3.63) is 38.6 Å². The predicted octanol–water partition coefficient (Wildman–Crippen LogP) is 2.95. The van der Waals surface area contributed by atoms with E-state index in [2.05, 4.69) is 10.1 Å². The molecule has 0 unspecified atom stereocenters. The molecule has 0 amide bonds. The highest BCUT2D eigenvalue weighted by Gasteiger charge is 2.14. The summed E-state index contributed by atoms with van der Waals surface area (Å²) in [6.45, 7) is 0. The quantitative estimate of drug-likeness (QED) is 0.612. The van der Waals surface area contributed by atoms with Gasteiger partial charge in [-0.1, -0.05) is 11.6 Å². The largest absolute Gasteiger partial charge is 0.333 e. The Labute approximate surface area is 98.9 Å². The minimum absolute atomic E-state index is 0.0716. The van der Waals surface area contributed by atoms with E-state index in [0.717, 1.165) is 0 Å². The lowest BCUT2D eigenvalue weighted by molar-refractivity contribution is -0.384. The molecule has 0 spiro atoms. The van der Waals surface area contributed by atoms with Crippen molar-refractivity contribution in [1.82, 2.24) is 10.1 Å². The molecule has 0 aliphatic carbocycles. The maximum atomic E-state index is 10.6. The van der Waals surface area contributed by atoms with Gasteiger partial charge in [0.05, 0.1) is 4.92 Å². The fourth-order valence-corrected chi connectivity index (χ4v) is 1.47. The molecule has 2 aromatic rings. The molecule has 1 aromatic heterocycles. The van der Waals surface area contributed by atoms with E-state index < -0.39 is 4.92 Å². The summed E-state index contributed by atoms with van der Waals surface area (Å²) in [6.07, 6.45) is 0. The molecule has 2 rings (SSSR count). The van der Waals surface area contributed by atoms with Gasteiger partial charge >= 0.3 is 0 Å². The zero-order valence-electron chi connectivity index (χ0n) is 7.55. The van der Waals surface area contributed by atoms with Crippen molar-refractivity contribution in [2.24, 2.45) is 0 Å². The lowest BCUT2D eigenvalue weighted by Crippen LogP contribution is -1.89. The standard InChI is InChI=1S/C8H3Cl2N3O3/c9-5-1-4(2-6(3-5)13(14)15)7-11-8(10)12-16-7/h1-3H. The molecule has 0 atom stereocenters. The van der Waals surface area contributed by atoms with Gasteiger partial charge in [0.2, 0.25) is 0 Å². The third-order valence-corrected chi connectivity index (χ3v) is 2.11. The van der Waals surface area contributed by atoms with Crippen LogP contribution in [0.15, 0.2) is 22.7 Å². The number of aromatic nitrogens is 2. The Bertz CT molecular complexity index is 555. The van der Waals surface area contributed by atoms with Gasteiger partial charge in [0.1, 0.15) is 0 Å². The van der Waals surface area contributed by atoms with E-state index in [1.165, 1.54) is 18.2 Å². The second-order valence-corrected chi connectivity index (χ2v) is 3.60. The fourth-order valence-electron chi connectivity index (χ4n) is 1.13. The Morgan fingerprint density at radius 1 is 1.31 bits per heavy atom. The van der Waals surface area contributed by atoms with E-state index in [1.807, 2.05) is 0 Å². The molecule has 0 saturated heterocycles. The van der Waals surface area contributed by atoms with Crippen LogP contribution in [-0.4, -0.2) is 15.1 Å². The molecule has 0 N–H and O–H groups in total.